The first-order chi connectivity index (χ1) is 9.77. The average Bonchev–Trinajstić information content (AvgIpc) is 2.49. The van der Waals surface area contributed by atoms with Gasteiger partial charge in [-0.25, -0.2) is 0 Å². The first kappa shape index (κ1) is 14.0. The van der Waals surface area contributed by atoms with Gasteiger partial charge in [-0.15, -0.1) is 0 Å². The van der Waals surface area contributed by atoms with E-state index in [0.717, 1.165) is 13.0 Å². The van der Waals surface area contributed by atoms with Crippen molar-refractivity contribution in [2.75, 3.05) is 6.61 Å². The highest BCUT2D eigenvalue weighted by Gasteiger charge is 2.38. The van der Waals surface area contributed by atoms with Crippen LogP contribution in [0.5, 0.6) is 0 Å². The Morgan fingerprint density at radius 3 is 2.75 bits per heavy atom. The first-order valence-electron chi connectivity index (χ1n) is 8.07. The molecule has 3 rings (SSSR count). The van der Waals surface area contributed by atoms with Crippen molar-refractivity contribution in [2.24, 2.45) is 0 Å². The van der Waals surface area contributed by atoms with E-state index in [0.29, 0.717) is 12.1 Å². The Labute approximate surface area is 122 Å². The summed E-state index contributed by atoms with van der Waals surface area (Å²) < 4.78 is 6.17. The second-order valence-corrected chi connectivity index (χ2v) is 6.45. The van der Waals surface area contributed by atoms with E-state index in [1.165, 1.54) is 44.1 Å². The van der Waals surface area contributed by atoms with Crippen LogP contribution in [0.1, 0.15) is 63.5 Å². The Morgan fingerprint density at radius 2 is 2.00 bits per heavy atom. The number of aromatic nitrogens is 1. The molecule has 1 aromatic heterocycles. The third kappa shape index (κ3) is 3.21. The minimum Gasteiger partial charge on any atom is -0.375 e. The summed E-state index contributed by atoms with van der Waals surface area (Å²) in [5, 5.41) is 3.80. The van der Waals surface area contributed by atoms with Gasteiger partial charge in [-0.05, 0) is 50.3 Å². The molecule has 2 heterocycles. The summed E-state index contributed by atoms with van der Waals surface area (Å²) >= 11 is 0. The Balaban J connectivity index is 1.60. The van der Waals surface area contributed by atoms with Crippen LogP contribution < -0.4 is 5.32 Å². The van der Waals surface area contributed by atoms with Crippen molar-refractivity contribution in [3.05, 3.63) is 30.1 Å². The molecule has 2 fully saturated rings. The first-order valence-corrected chi connectivity index (χ1v) is 8.07. The van der Waals surface area contributed by atoms with Gasteiger partial charge in [0.15, 0.2) is 0 Å². The van der Waals surface area contributed by atoms with Crippen molar-refractivity contribution in [2.45, 2.75) is 69.6 Å². The number of hydrogen-bond donors (Lipinski definition) is 1. The molecular weight excluding hydrogens is 248 g/mol. The summed E-state index contributed by atoms with van der Waals surface area (Å²) in [6.07, 6.45) is 12.7. The maximum absolute atomic E-state index is 6.17. The molecule has 1 unspecified atom stereocenters. The summed E-state index contributed by atoms with van der Waals surface area (Å²) in [5.41, 5.74) is 1.51. The lowest BCUT2D eigenvalue weighted by Gasteiger charge is -2.44. The molecule has 3 nitrogen and oxygen atoms in total. The zero-order valence-corrected chi connectivity index (χ0v) is 12.5. The fraction of sp³-hybridized carbons (Fsp3) is 0.706. The van der Waals surface area contributed by atoms with Crippen LogP contribution in [-0.4, -0.2) is 23.2 Å². The van der Waals surface area contributed by atoms with Crippen molar-refractivity contribution in [1.29, 1.82) is 0 Å². The van der Waals surface area contributed by atoms with Gasteiger partial charge in [0.05, 0.1) is 5.60 Å². The molecule has 110 valence electrons. The van der Waals surface area contributed by atoms with E-state index in [4.69, 9.17) is 4.74 Å². The Bertz CT molecular complexity index is 409. The van der Waals surface area contributed by atoms with E-state index in [2.05, 4.69) is 29.4 Å². The monoisotopic (exact) mass is 274 g/mol. The normalized spacial score (nSPS) is 27.4. The largest absolute Gasteiger partial charge is 0.375 e. The van der Waals surface area contributed by atoms with Gasteiger partial charge in [-0.3, -0.25) is 4.98 Å². The SMILES string of the molecule is C[C@@H](NC1CCOC2(CCCCC2)C1)c1ccncc1. The lowest BCUT2D eigenvalue weighted by atomic mass is 9.78. The number of ether oxygens (including phenoxy) is 1. The summed E-state index contributed by atoms with van der Waals surface area (Å²) in [7, 11) is 0. The average molecular weight is 274 g/mol. The summed E-state index contributed by atoms with van der Waals surface area (Å²) in [4.78, 5) is 4.10. The Morgan fingerprint density at radius 1 is 1.25 bits per heavy atom. The van der Waals surface area contributed by atoms with Crippen molar-refractivity contribution in [3.63, 3.8) is 0 Å². The Hall–Kier alpha value is -0.930. The van der Waals surface area contributed by atoms with Gasteiger partial charge in [-0.2, -0.15) is 0 Å². The van der Waals surface area contributed by atoms with Crippen LogP contribution in [0.2, 0.25) is 0 Å². The minimum atomic E-state index is 0.187. The van der Waals surface area contributed by atoms with Gasteiger partial charge in [0, 0.05) is 31.1 Å². The third-order valence-electron chi connectivity index (χ3n) is 4.95. The van der Waals surface area contributed by atoms with Crippen LogP contribution >= 0.6 is 0 Å². The van der Waals surface area contributed by atoms with Crippen molar-refractivity contribution >= 4 is 0 Å². The fourth-order valence-electron chi connectivity index (χ4n) is 3.82. The predicted octanol–water partition coefficient (Wildman–Crippen LogP) is 3.61. The maximum atomic E-state index is 6.17. The highest BCUT2D eigenvalue weighted by atomic mass is 16.5. The Kier molecular flexibility index (Phi) is 4.37. The van der Waals surface area contributed by atoms with Crippen LogP contribution in [-0.2, 0) is 4.74 Å². The van der Waals surface area contributed by atoms with Gasteiger partial charge in [0.25, 0.3) is 0 Å². The molecular formula is C17H26N2O. The zero-order valence-electron chi connectivity index (χ0n) is 12.5. The van der Waals surface area contributed by atoms with Gasteiger partial charge in [-0.1, -0.05) is 19.3 Å². The molecule has 1 aromatic rings. The molecule has 20 heavy (non-hydrogen) atoms. The van der Waals surface area contributed by atoms with Crippen LogP contribution in [0.4, 0.5) is 0 Å². The maximum Gasteiger partial charge on any atom is 0.0697 e. The van der Waals surface area contributed by atoms with Crippen molar-refractivity contribution in [3.8, 4) is 0 Å². The standard InChI is InChI=1S/C17H26N2O/c1-14(15-5-10-18-11-6-15)19-16-7-12-20-17(13-16)8-3-2-4-9-17/h5-6,10-11,14,16,19H,2-4,7-9,12-13H2,1H3/t14-,16?/m1/s1. The zero-order chi connectivity index (χ0) is 13.8. The van der Waals surface area contributed by atoms with E-state index >= 15 is 0 Å². The van der Waals surface area contributed by atoms with Gasteiger partial charge >= 0.3 is 0 Å². The van der Waals surface area contributed by atoms with Crippen LogP contribution in [0.3, 0.4) is 0 Å². The molecule has 2 atom stereocenters. The second kappa shape index (κ2) is 6.23. The lowest BCUT2D eigenvalue weighted by molar-refractivity contribution is -0.110. The molecule has 0 amide bonds. The third-order valence-corrected chi connectivity index (χ3v) is 4.95. The second-order valence-electron chi connectivity index (χ2n) is 6.45. The quantitative estimate of drug-likeness (QED) is 0.914. The molecule has 0 aromatic carbocycles. The van der Waals surface area contributed by atoms with Gasteiger partial charge in [0.2, 0.25) is 0 Å². The van der Waals surface area contributed by atoms with Gasteiger partial charge < -0.3 is 10.1 Å². The molecule has 3 heteroatoms. The minimum absolute atomic E-state index is 0.187. The van der Waals surface area contributed by atoms with Gasteiger partial charge in [0.1, 0.15) is 0 Å². The smallest absolute Gasteiger partial charge is 0.0697 e. The number of nitrogens with one attached hydrogen (secondary N) is 1. The number of nitrogens with zero attached hydrogens (tertiary/aromatic N) is 1. The molecule has 1 saturated carbocycles. The molecule has 1 saturated heterocycles. The van der Waals surface area contributed by atoms with Crippen LogP contribution in [0.15, 0.2) is 24.5 Å². The molecule has 1 aliphatic carbocycles. The summed E-state index contributed by atoms with van der Waals surface area (Å²) in [5.74, 6) is 0. The molecule has 0 bridgehead atoms. The van der Waals surface area contributed by atoms with E-state index in [-0.39, 0.29) is 5.60 Å². The van der Waals surface area contributed by atoms with E-state index in [9.17, 15) is 0 Å². The van der Waals surface area contributed by atoms with Crippen LogP contribution in [0.25, 0.3) is 0 Å². The van der Waals surface area contributed by atoms with Crippen molar-refractivity contribution in [1.82, 2.24) is 10.3 Å². The highest BCUT2D eigenvalue weighted by molar-refractivity contribution is 5.14. The van der Waals surface area contributed by atoms with Crippen LogP contribution in [0, 0.1) is 0 Å². The molecule has 2 aliphatic rings. The van der Waals surface area contributed by atoms with E-state index in [1.54, 1.807) is 0 Å². The van der Waals surface area contributed by atoms with Crippen molar-refractivity contribution < 1.29 is 4.74 Å². The highest BCUT2D eigenvalue weighted by Crippen LogP contribution is 2.38. The summed E-state index contributed by atoms with van der Waals surface area (Å²) in [6, 6.07) is 5.19. The molecule has 1 N–H and O–H groups in total. The molecule has 0 radical (unpaired) electrons. The number of hydrogen-bond acceptors (Lipinski definition) is 3. The number of pyridine rings is 1. The predicted molar refractivity (Wildman–Crippen MR) is 80.6 cm³/mol. The van der Waals surface area contributed by atoms with E-state index < -0.39 is 0 Å². The molecule has 1 spiro atoms. The summed E-state index contributed by atoms with van der Waals surface area (Å²) in [6.45, 7) is 3.17. The lowest BCUT2D eigenvalue weighted by Crippen LogP contribution is -2.48. The topological polar surface area (TPSA) is 34.1 Å². The van der Waals surface area contributed by atoms with E-state index in [1.807, 2.05) is 12.4 Å². The number of rotatable bonds is 3. The molecule has 1 aliphatic heterocycles. The fourth-order valence-corrected chi connectivity index (χ4v) is 3.82.